The molecule has 1 aromatic carbocycles. The summed E-state index contributed by atoms with van der Waals surface area (Å²) in [7, 11) is 4.71. The van der Waals surface area contributed by atoms with E-state index in [1.165, 1.54) is 0 Å². The maximum absolute atomic E-state index is 12.4. The molecular weight excluding hydrogens is 352 g/mol. The van der Waals surface area contributed by atoms with Crippen molar-refractivity contribution >= 4 is 11.8 Å². The Balaban J connectivity index is 1.79. The van der Waals surface area contributed by atoms with E-state index in [4.69, 9.17) is 18.9 Å². The maximum atomic E-state index is 12.4. The van der Waals surface area contributed by atoms with Crippen molar-refractivity contribution < 1.29 is 23.7 Å². The summed E-state index contributed by atoms with van der Waals surface area (Å²) in [4.78, 5) is 14.2. The quantitative estimate of drug-likeness (QED) is 0.828. The van der Waals surface area contributed by atoms with E-state index < -0.39 is 0 Å². The van der Waals surface area contributed by atoms with Gasteiger partial charge in [0.1, 0.15) is 5.82 Å². The minimum Gasteiger partial charge on any atom is -0.493 e. The fourth-order valence-electron chi connectivity index (χ4n) is 2.97. The molecule has 3 rings (SSSR count). The predicted molar refractivity (Wildman–Crippen MR) is 98.8 cm³/mol. The number of amides is 2. The van der Waals surface area contributed by atoms with Crippen LogP contribution in [0.15, 0.2) is 24.4 Å². The number of aromatic nitrogens is 2. The number of urea groups is 1. The van der Waals surface area contributed by atoms with Gasteiger partial charge >= 0.3 is 6.03 Å². The molecule has 1 fully saturated rings. The van der Waals surface area contributed by atoms with Crippen molar-refractivity contribution in [3.63, 3.8) is 0 Å². The van der Waals surface area contributed by atoms with Crippen LogP contribution in [0.1, 0.15) is 5.56 Å². The van der Waals surface area contributed by atoms with Crippen LogP contribution < -0.4 is 19.5 Å². The number of nitrogens with one attached hydrogen (secondary N) is 1. The molecule has 1 aromatic heterocycles. The van der Waals surface area contributed by atoms with Crippen molar-refractivity contribution in [3.8, 4) is 17.2 Å². The van der Waals surface area contributed by atoms with Crippen LogP contribution in [0.4, 0.5) is 10.6 Å². The molecule has 1 saturated heterocycles. The van der Waals surface area contributed by atoms with Gasteiger partial charge in [-0.15, -0.1) is 0 Å². The number of carbonyl (C=O) groups is 1. The number of ether oxygens (including phenoxy) is 4. The molecule has 0 aliphatic carbocycles. The highest BCUT2D eigenvalue weighted by molar-refractivity contribution is 5.88. The monoisotopic (exact) mass is 376 g/mol. The SMILES string of the molecule is COc1ccc(Cn2nccc2NC(=O)N2CCOCC2)c(OC)c1OC. The van der Waals surface area contributed by atoms with Gasteiger partial charge in [0.2, 0.25) is 5.75 Å². The zero-order chi connectivity index (χ0) is 19.2. The van der Waals surface area contributed by atoms with Crippen LogP contribution in [0.25, 0.3) is 0 Å². The Morgan fingerprint density at radius 3 is 2.52 bits per heavy atom. The van der Waals surface area contributed by atoms with Gasteiger partial charge in [-0.2, -0.15) is 5.10 Å². The second-order valence-electron chi connectivity index (χ2n) is 5.90. The topological polar surface area (TPSA) is 87.1 Å². The summed E-state index contributed by atoms with van der Waals surface area (Å²) in [6, 6.07) is 5.28. The van der Waals surface area contributed by atoms with Crippen LogP contribution in [-0.4, -0.2) is 68.3 Å². The standard InChI is InChI=1S/C18H24N4O5/c1-24-14-5-4-13(16(25-2)17(14)26-3)12-22-15(6-7-19-22)20-18(23)21-8-10-27-11-9-21/h4-7H,8-12H2,1-3H3,(H,20,23). The van der Waals surface area contributed by atoms with Gasteiger partial charge in [0.05, 0.1) is 47.3 Å². The van der Waals surface area contributed by atoms with Crippen molar-refractivity contribution in [2.24, 2.45) is 0 Å². The normalized spacial score (nSPS) is 14.0. The van der Waals surface area contributed by atoms with E-state index in [9.17, 15) is 4.79 Å². The van der Waals surface area contributed by atoms with Crippen molar-refractivity contribution in [2.45, 2.75) is 6.54 Å². The van der Waals surface area contributed by atoms with Crippen LogP contribution in [0.2, 0.25) is 0 Å². The summed E-state index contributed by atoms with van der Waals surface area (Å²) in [6.07, 6.45) is 1.64. The molecule has 1 N–H and O–H groups in total. The minimum atomic E-state index is -0.167. The van der Waals surface area contributed by atoms with Crippen molar-refractivity contribution in [3.05, 3.63) is 30.0 Å². The van der Waals surface area contributed by atoms with E-state index in [1.807, 2.05) is 12.1 Å². The zero-order valence-corrected chi connectivity index (χ0v) is 15.7. The molecule has 0 unspecified atom stereocenters. The number of benzene rings is 1. The Morgan fingerprint density at radius 2 is 1.85 bits per heavy atom. The lowest BCUT2D eigenvalue weighted by Crippen LogP contribution is -2.43. The molecule has 9 nitrogen and oxygen atoms in total. The second-order valence-corrected chi connectivity index (χ2v) is 5.90. The molecule has 0 saturated carbocycles. The summed E-state index contributed by atoms with van der Waals surface area (Å²) in [5, 5.41) is 7.22. The largest absolute Gasteiger partial charge is 0.493 e. The maximum Gasteiger partial charge on any atom is 0.323 e. The second kappa shape index (κ2) is 8.63. The molecule has 0 atom stereocenters. The predicted octanol–water partition coefficient (Wildman–Crippen LogP) is 1.82. The van der Waals surface area contributed by atoms with Crippen molar-refractivity contribution in [1.29, 1.82) is 0 Å². The number of morpholine rings is 1. The van der Waals surface area contributed by atoms with Gasteiger partial charge in [-0.3, -0.25) is 5.32 Å². The zero-order valence-electron chi connectivity index (χ0n) is 15.7. The number of carbonyl (C=O) groups excluding carboxylic acids is 1. The lowest BCUT2D eigenvalue weighted by atomic mass is 10.1. The first kappa shape index (κ1) is 18.8. The average molecular weight is 376 g/mol. The van der Waals surface area contributed by atoms with E-state index >= 15 is 0 Å². The molecule has 27 heavy (non-hydrogen) atoms. The van der Waals surface area contributed by atoms with Gasteiger partial charge < -0.3 is 23.8 Å². The van der Waals surface area contributed by atoms with E-state index in [0.29, 0.717) is 55.9 Å². The first-order chi connectivity index (χ1) is 13.2. The van der Waals surface area contributed by atoms with Crippen molar-refractivity contribution in [1.82, 2.24) is 14.7 Å². The highest BCUT2D eigenvalue weighted by Crippen LogP contribution is 2.40. The Hall–Kier alpha value is -2.94. The Labute approximate surface area is 157 Å². The molecule has 1 aliphatic rings. The summed E-state index contributed by atoms with van der Waals surface area (Å²) in [5.74, 6) is 2.27. The van der Waals surface area contributed by atoms with Gasteiger partial charge in [0, 0.05) is 24.7 Å². The van der Waals surface area contributed by atoms with Crippen LogP contribution in [-0.2, 0) is 11.3 Å². The van der Waals surface area contributed by atoms with Crippen LogP contribution >= 0.6 is 0 Å². The first-order valence-corrected chi connectivity index (χ1v) is 8.61. The van der Waals surface area contributed by atoms with E-state index in [2.05, 4.69) is 10.4 Å². The molecular formula is C18H24N4O5. The Kier molecular flexibility index (Phi) is 6.02. The summed E-state index contributed by atoms with van der Waals surface area (Å²) >= 11 is 0. The number of nitrogens with zero attached hydrogens (tertiary/aromatic N) is 3. The average Bonchev–Trinajstić information content (AvgIpc) is 3.14. The van der Waals surface area contributed by atoms with Gasteiger partial charge in [0.15, 0.2) is 11.5 Å². The fraction of sp³-hybridized carbons (Fsp3) is 0.444. The lowest BCUT2D eigenvalue weighted by molar-refractivity contribution is 0.0564. The van der Waals surface area contributed by atoms with Gasteiger partial charge in [-0.05, 0) is 12.1 Å². The minimum absolute atomic E-state index is 0.167. The third kappa shape index (κ3) is 4.08. The number of methoxy groups -OCH3 is 3. The Morgan fingerprint density at radius 1 is 1.11 bits per heavy atom. The van der Waals surface area contributed by atoms with Crippen LogP contribution in [0, 0.1) is 0 Å². The summed E-state index contributed by atoms with van der Waals surface area (Å²) in [6.45, 7) is 2.65. The number of hydrogen-bond acceptors (Lipinski definition) is 6. The highest BCUT2D eigenvalue weighted by Gasteiger charge is 2.20. The number of anilines is 1. The molecule has 9 heteroatoms. The van der Waals surface area contributed by atoms with Gasteiger partial charge in [-0.25, -0.2) is 9.48 Å². The molecule has 1 aliphatic heterocycles. The smallest absolute Gasteiger partial charge is 0.323 e. The van der Waals surface area contributed by atoms with Gasteiger partial charge in [0.25, 0.3) is 0 Å². The molecule has 0 bridgehead atoms. The molecule has 0 spiro atoms. The van der Waals surface area contributed by atoms with Crippen molar-refractivity contribution in [2.75, 3.05) is 52.9 Å². The number of hydrogen-bond donors (Lipinski definition) is 1. The summed E-state index contributed by atoms with van der Waals surface area (Å²) in [5.41, 5.74) is 0.848. The third-order valence-electron chi connectivity index (χ3n) is 4.36. The lowest BCUT2D eigenvalue weighted by Gasteiger charge is -2.27. The highest BCUT2D eigenvalue weighted by atomic mass is 16.5. The molecule has 0 radical (unpaired) electrons. The van der Waals surface area contributed by atoms with E-state index in [0.717, 1.165) is 5.56 Å². The molecule has 2 aromatic rings. The Bertz CT molecular complexity index is 786. The molecule has 146 valence electrons. The third-order valence-corrected chi connectivity index (χ3v) is 4.36. The number of rotatable bonds is 6. The van der Waals surface area contributed by atoms with Crippen LogP contribution in [0.5, 0.6) is 17.2 Å². The van der Waals surface area contributed by atoms with E-state index in [-0.39, 0.29) is 6.03 Å². The fourth-order valence-corrected chi connectivity index (χ4v) is 2.97. The molecule has 2 amide bonds. The molecule has 2 heterocycles. The first-order valence-electron chi connectivity index (χ1n) is 8.61. The van der Waals surface area contributed by atoms with E-state index in [1.54, 1.807) is 43.2 Å². The summed E-state index contributed by atoms with van der Waals surface area (Å²) < 4.78 is 23.2. The van der Waals surface area contributed by atoms with Gasteiger partial charge in [-0.1, -0.05) is 0 Å². The van der Waals surface area contributed by atoms with Crippen LogP contribution in [0.3, 0.4) is 0 Å².